The van der Waals surface area contributed by atoms with Gasteiger partial charge in [-0.1, -0.05) is 23.7 Å². The number of aliphatic hydroxyl groups is 1. The Hall–Kier alpha value is -0.710. The van der Waals surface area contributed by atoms with Gasteiger partial charge in [0.05, 0.1) is 12.5 Å². The highest BCUT2D eigenvalue weighted by Gasteiger charge is 2.18. The molecule has 1 saturated heterocycles. The van der Waals surface area contributed by atoms with Crippen molar-refractivity contribution < 1.29 is 9.90 Å². The Balaban J connectivity index is 1.76. The number of carbonyl (C=O) groups is 1. The van der Waals surface area contributed by atoms with E-state index >= 15 is 0 Å². The van der Waals surface area contributed by atoms with E-state index in [1.165, 1.54) is 18.6 Å². The van der Waals surface area contributed by atoms with Gasteiger partial charge in [-0.2, -0.15) is 11.8 Å². The lowest BCUT2D eigenvalue weighted by atomic mass is 10.1. The molecule has 5 heteroatoms. The van der Waals surface area contributed by atoms with Crippen molar-refractivity contribution in [1.29, 1.82) is 0 Å². The van der Waals surface area contributed by atoms with Crippen molar-refractivity contribution in [3.05, 3.63) is 34.9 Å². The molecule has 104 valence electrons. The van der Waals surface area contributed by atoms with Crippen molar-refractivity contribution in [3.8, 4) is 0 Å². The van der Waals surface area contributed by atoms with Crippen LogP contribution in [0.15, 0.2) is 24.3 Å². The highest BCUT2D eigenvalue weighted by molar-refractivity contribution is 8.00. The number of thioether (sulfide) groups is 1. The molecule has 2 atom stereocenters. The van der Waals surface area contributed by atoms with E-state index in [4.69, 9.17) is 11.6 Å². The van der Waals surface area contributed by atoms with E-state index in [9.17, 15) is 9.90 Å². The van der Waals surface area contributed by atoms with Gasteiger partial charge in [-0.05, 0) is 36.3 Å². The lowest BCUT2D eigenvalue weighted by Crippen LogP contribution is -2.30. The SMILES string of the molecule is O=C(CC(O)c1ccc(Cl)cc1)NCC1CCCS1. The molecule has 2 rings (SSSR count). The van der Waals surface area contributed by atoms with Crippen LogP contribution in [0.25, 0.3) is 0 Å². The molecule has 3 nitrogen and oxygen atoms in total. The predicted molar refractivity (Wildman–Crippen MR) is 79.5 cm³/mol. The summed E-state index contributed by atoms with van der Waals surface area (Å²) in [6.07, 6.45) is 1.73. The Morgan fingerprint density at radius 1 is 1.47 bits per heavy atom. The molecule has 0 radical (unpaired) electrons. The molecule has 2 unspecified atom stereocenters. The van der Waals surface area contributed by atoms with E-state index in [1.54, 1.807) is 24.3 Å². The Morgan fingerprint density at radius 2 is 2.21 bits per heavy atom. The van der Waals surface area contributed by atoms with Gasteiger partial charge in [0, 0.05) is 16.8 Å². The summed E-state index contributed by atoms with van der Waals surface area (Å²) in [6.45, 7) is 0.705. The minimum atomic E-state index is -0.770. The number of halogens is 1. The summed E-state index contributed by atoms with van der Waals surface area (Å²) in [6, 6.07) is 6.92. The summed E-state index contributed by atoms with van der Waals surface area (Å²) in [4.78, 5) is 11.7. The zero-order valence-corrected chi connectivity index (χ0v) is 12.2. The largest absolute Gasteiger partial charge is 0.388 e. The minimum Gasteiger partial charge on any atom is -0.388 e. The van der Waals surface area contributed by atoms with Crippen LogP contribution in [0.1, 0.15) is 30.9 Å². The lowest BCUT2D eigenvalue weighted by Gasteiger charge is -2.13. The van der Waals surface area contributed by atoms with Gasteiger partial charge in [0.25, 0.3) is 0 Å². The first-order valence-electron chi connectivity index (χ1n) is 6.47. The van der Waals surface area contributed by atoms with Crippen molar-refractivity contribution in [3.63, 3.8) is 0 Å². The molecule has 1 aromatic rings. The second-order valence-corrected chi connectivity index (χ2v) is 6.56. The Bertz CT molecular complexity index is 418. The van der Waals surface area contributed by atoms with Crippen molar-refractivity contribution >= 4 is 29.3 Å². The maximum absolute atomic E-state index is 11.7. The van der Waals surface area contributed by atoms with E-state index in [0.717, 1.165) is 5.56 Å². The fourth-order valence-corrected chi connectivity index (χ4v) is 3.41. The van der Waals surface area contributed by atoms with Crippen LogP contribution in [0.4, 0.5) is 0 Å². The zero-order valence-electron chi connectivity index (χ0n) is 10.6. The maximum atomic E-state index is 11.7. The van der Waals surface area contributed by atoms with E-state index < -0.39 is 6.10 Å². The minimum absolute atomic E-state index is 0.0962. The number of aliphatic hydroxyl groups excluding tert-OH is 1. The predicted octanol–water partition coefficient (Wildman–Crippen LogP) is 2.78. The summed E-state index contributed by atoms with van der Waals surface area (Å²) >= 11 is 7.69. The van der Waals surface area contributed by atoms with Gasteiger partial charge in [0.2, 0.25) is 5.91 Å². The first-order chi connectivity index (χ1) is 9.15. The van der Waals surface area contributed by atoms with Crippen molar-refractivity contribution in [1.82, 2.24) is 5.32 Å². The average Bonchev–Trinajstić information content (AvgIpc) is 2.90. The summed E-state index contributed by atoms with van der Waals surface area (Å²) in [5.74, 6) is 1.09. The van der Waals surface area contributed by atoms with Gasteiger partial charge < -0.3 is 10.4 Å². The van der Waals surface area contributed by atoms with Gasteiger partial charge in [-0.3, -0.25) is 4.79 Å². The highest BCUT2D eigenvalue weighted by atomic mass is 35.5. The van der Waals surface area contributed by atoms with Crippen LogP contribution in [0, 0.1) is 0 Å². The van der Waals surface area contributed by atoms with Crippen LogP contribution in [0.2, 0.25) is 5.02 Å². The molecular weight excluding hydrogens is 282 g/mol. The Labute approximate surface area is 122 Å². The third-order valence-electron chi connectivity index (χ3n) is 3.18. The monoisotopic (exact) mass is 299 g/mol. The fraction of sp³-hybridized carbons (Fsp3) is 0.500. The van der Waals surface area contributed by atoms with Crippen LogP contribution in [0.3, 0.4) is 0 Å². The van der Waals surface area contributed by atoms with Crippen LogP contribution < -0.4 is 5.32 Å². The number of carbonyl (C=O) groups excluding carboxylic acids is 1. The Morgan fingerprint density at radius 3 is 2.84 bits per heavy atom. The van der Waals surface area contributed by atoms with E-state index in [-0.39, 0.29) is 12.3 Å². The highest BCUT2D eigenvalue weighted by Crippen LogP contribution is 2.25. The van der Waals surface area contributed by atoms with Crippen molar-refractivity contribution in [2.24, 2.45) is 0 Å². The fourth-order valence-electron chi connectivity index (χ4n) is 2.08. The smallest absolute Gasteiger partial charge is 0.222 e. The molecule has 0 aliphatic carbocycles. The van der Waals surface area contributed by atoms with Crippen LogP contribution in [0.5, 0.6) is 0 Å². The first kappa shape index (κ1) is 14.7. The second-order valence-electron chi connectivity index (χ2n) is 4.71. The molecule has 0 spiro atoms. The topological polar surface area (TPSA) is 49.3 Å². The third-order valence-corrected chi connectivity index (χ3v) is 4.83. The average molecular weight is 300 g/mol. The van der Waals surface area contributed by atoms with Gasteiger partial charge in [0.15, 0.2) is 0 Å². The summed E-state index contributed by atoms with van der Waals surface area (Å²) in [5, 5.41) is 14.0. The van der Waals surface area contributed by atoms with E-state index in [2.05, 4.69) is 5.32 Å². The van der Waals surface area contributed by atoms with Crippen molar-refractivity contribution in [2.75, 3.05) is 12.3 Å². The van der Waals surface area contributed by atoms with Gasteiger partial charge in [-0.25, -0.2) is 0 Å². The molecule has 1 fully saturated rings. The van der Waals surface area contributed by atoms with Crippen LogP contribution in [-0.2, 0) is 4.79 Å². The normalized spacial score (nSPS) is 20.2. The summed E-state index contributed by atoms with van der Waals surface area (Å²) in [7, 11) is 0. The van der Waals surface area contributed by atoms with E-state index in [1.807, 2.05) is 11.8 Å². The second kappa shape index (κ2) is 7.17. The molecule has 0 bridgehead atoms. The number of nitrogens with one attached hydrogen (secondary N) is 1. The quantitative estimate of drug-likeness (QED) is 0.879. The molecular formula is C14H18ClNO2S. The number of benzene rings is 1. The van der Waals surface area contributed by atoms with Crippen LogP contribution in [-0.4, -0.2) is 28.6 Å². The first-order valence-corrected chi connectivity index (χ1v) is 7.89. The van der Waals surface area contributed by atoms with Gasteiger partial charge >= 0.3 is 0 Å². The molecule has 0 saturated carbocycles. The molecule has 19 heavy (non-hydrogen) atoms. The Kier molecular flexibility index (Phi) is 5.55. The molecule has 1 amide bonds. The molecule has 0 aromatic heterocycles. The molecule has 1 aliphatic heterocycles. The molecule has 1 aromatic carbocycles. The number of hydrogen-bond acceptors (Lipinski definition) is 3. The molecule has 1 aliphatic rings. The molecule has 2 N–H and O–H groups in total. The van der Waals surface area contributed by atoms with Crippen LogP contribution >= 0.6 is 23.4 Å². The van der Waals surface area contributed by atoms with Gasteiger partial charge in [-0.15, -0.1) is 0 Å². The summed E-state index contributed by atoms with van der Waals surface area (Å²) in [5.41, 5.74) is 0.717. The lowest BCUT2D eigenvalue weighted by molar-refractivity contribution is -0.123. The number of amides is 1. The van der Waals surface area contributed by atoms with Gasteiger partial charge in [0.1, 0.15) is 0 Å². The molecule has 1 heterocycles. The van der Waals surface area contributed by atoms with Crippen molar-refractivity contribution in [2.45, 2.75) is 30.6 Å². The summed E-state index contributed by atoms with van der Waals surface area (Å²) < 4.78 is 0. The zero-order chi connectivity index (χ0) is 13.7. The third kappa shape index (κ3) is 4.71. The number of rotatable bonds is 5. The number of hydrogen-bond donors (Lipinski definition) is 2. The standard InChI is InChI=1S/C14H18ClNO2S/c15-11-5-3-10(4-6-11)13(17)8-14(18)16-9-12-2-1-7-19-12/h3-6,12-13,17H,1-2,7-9H2,(H,16,18). The maximum Gasteiger partial charge on any atom is 0.222 e. The van der Waals surface area contributed by atoms with E-state index in [0.29, 0.717) is 16.8 Å².